The number of hydrogen-bond donors (Lipinski definition) is 0. The molecule has 2 aromatic carbocycles. The van der Waals surface area contributed by atoms with E-state index in [4.69, 9.17) is 4.74 Å². The van der Waals surface area contributed by atoms with Crippen LogP contribution in [0.3, 0.4) is 0 Å². The number of para-hydroxylation sites is 1. The number of morpholine rings is 1. The first-order valence-electron chi connectivity index (χ1n) is 8.82. The highest BCUT2D eigenvalue weighted by Gasteiger charge is 2.28. The predicted octanol–water partition coefficient (Wildman–Crippen LogP) is 3.33. The van der Waals surface area contributed by atoms with Gasteiger partial charge < -0.3 is 9.64 Å². The molecule has 0 radical (unpaired) electrons. The second kappa shape index (κ2) is 7.14. The van der Waals surface area contributed by atoms with Gasteiger partial charge in [-0.1, -0.05) is 30.3 Å². The van der Waals surface area contributed by atoms with E-state index >= 15 is 0 Å². The van der Waals surface area contributed by atoms with Gasteiger partial charge in [0.15, 0.2) is 0 Å². The van der Waals surface area contributed by atoms with Gasteiger partial charge in [0.1, 0.15) is 0 Å². The van der Waals surface area contributed by atoms with Gasteiger partial charge in [-0.2, -0.15) is 10.1 Å². The molecule has 1 fully saturated rings. The average Bonchev–Trinajstić information content (AvgIpc) is 2.98. The molecule has 0 N–H and O–H groups in total. The molecule has 1 saturated heterocycles. The lowest BCUT2D eigenvalue weighted by atomic mass is 10.1. The lowest BCUT2D eigenvalue weighted by Crippen LogP contribution is -2.36. The van der Waals surface area contributed by atoms with Crippen LogP contribution in [0.2, 0.25) is 0 Å². The molecule has 5 nitrogen and oxygen atoms in total. The Morgan fingerprint density at radius 3 is 2.35 bits per heavy atom. The van der Waals surface area contributed by atoms with E-state index in [1.54, 1.807) is 0 Å². The van der Waals surface area contributed by atoms with Crippen LogP contribution in [0.4, 0.5) is 11.4 Å². The molecule has 0 aromatic heterocycles. The number of ether oxygens (including phenoxy) is 1. The minimum absolute atomic E-state index is 0.0917. The number of benzene rings is 2. The van der Waals surface area contributed by atoms with Crippen molar-refractivity contribution >= 4 is 29.1 Å². The maximum atomic E-state index is 12.8. The summed E-state index contributed by atoms with van der Waals surface area (Å²) < 4.78 is 5.40. The molecule has 2 aromatic rings. The first-order chi connectivity index (χ1) is 12.7. The third kappa shape index (κ3) is 3.26. The summed E-state index contributed by atoms with van der Waals surface area (Å²) in [5.74, 6) is -0.0917. The molecule has 2 aliphatic rings. The molecule has 4 rings (SSSR count). The third-order valence-electron chi connectivity index (χ3n) is 4.64. The van der Waals surface area contributed by atoms with Gasteiger partial charge in [-0.3, -0.25) is 4.79 Å². The molecule has 0 unspecified atom stereocenters. The summed E-state index contributed by atoms with van der Waals surface area (Å²) in [5, 5.41) is 5.88. The maximum absolute atomic E-state index is 12.8. The Kier molecular flexibility index (Phi) is 4.54. The number of hydrazone groups is 1. The summed E-state index contributed by atoms with van der Waals surface area (Å²) in [6.07, 6.45) is 1.91. The Balaban J connectivity index is 1.54. The lowest BCUT2D eigenvalue weighted by molar-refractivity contribution is -0.114. The number of carbonyl (C=O) groups is 1. The van der Waals surface area contributed by atoms with E-state index < -0.39 is 0 Å². The molecular weight excluding hydrogens is 326 g/mol. The van der Waals surface area contributed by atoms with Crippen molar-refractivity contribution in [2.45, 2.75) is 6.92 Å². The molecule has 1 amide bonds. The number of rotatable bonds is 3. The van der Waals surface area contributed by atoms with E-state index in [2.05, 4.69) is 22.1 Å². The van der Waals surface area contributed by atoms with Gasteiger partial charge in [0.05, 0.1) is 30.2 Å². The summed E-state index contributed by atoms with van der Waals surface area (Å²) in [6.45, 7) is 5.23. The fraction of sp³-hybridized carbons (Fsp3) is 0.238. The Labute approximate surface area is 153 Å². The average molecular weight is 347 g/mol. The summed E-state index contributed by atoms with van der Waals surface area (Å²) >= 11 is 0. The van der Waals surface area contributed by atoms with Crippen LogP contribution in [0.5, 0.6) is 0 Å². The lowest BCUT2D eigenvalue weighted by Gasteiger charge is -2.28. The molecule has 2 aliphatic heterocycles. The Morgan fingerprint density at radius 2 is 1.65 bits per heavy atom. The molecule has 5 heteroatoms. The highest BCUT2D eigenvalue weighted by molar-refractivity contribution is 6.32. The molecule has 132 valence electrons. The largest absolute Gasteiger partial charge is 0.378 e. The quantitative estimate of drug-likeness (QED) is 0.800. The molecule has 0 spiro atoms. The van der Waals surface area contributed by atoms with E-state index in [0.29, 0.717) is 5.57 Å². The van der Waals surface area contributed by atoms with Crippen LogP contribution in [-0.2, 0) is 9.53 Å². The first-order valence-corrected chi connectivity index (χ1v) is 8.82. The summed E-state index contributed by atoms with van der Waals surface area (Å²) in [6, 6.07) is 17.8. The van der Waals surface area contributed by atoms with Crippen molar-refractivity contribution in [3.63, 3.8) is 0 Å². The standard InChI is InChI=1S/C21H21N3O2/c1-16-20(21(25)24(22-16)19-5-3-2-4-6-19)15-17-7-9-18(10-8-17)23-11-13-26-14-12-23/h2-10,15H,11-14H2,1H3/b20-15-. The minimum Gasteiger partial charge on any atom is -0.378 e. The molecule has 0 bridgehead atoms. The van der Waals surface area contributed by atoms with Gasteiger partial charge >= 0.3 is 0 Å². The summed E-state index contributed by atoms with van der Waals surface area (Å²) in [5.41, 5.74) is 4.33. The van der Waals surface area contributed by atoms with Crippen molar-refractivity contribution in [3.05, 3.63) is 65.7 Å². The Hall–Kier alpha value is -2.92. The van der Waals surface area contributed by atoms with Crippen molar-refractivity contribution < 1.29 is 9.53 Å². The number of carbonyl (C=O) groups excluding carboxylic acids is 1. The highest BCUT2D eigenvalue weighted by Crippen LogP contribution is 2.25. The predicted molar refractivity (Wildman–Crippen MR) is 104 cm³/mol. The zero-order chi connectivity index (χ0) is 17.9. The van der Waals surface area contributed by atoms with Gasteiger partial charge in [0.25, 0.3) is 5.91 Å². The van der Waals surface area contributed by atoms with Crippen LogP contribution < -0.4 is 9.91 Å². The molecule has 0 aliphatic carbocycles. The SMILES string of the molecule is CC1=NN(c2ccccc2)C(=O)/C1=C\c1ccc(N2CCOCC2)cc1. The normalized spacial score (nSPS) is 19.2. The highest BCUT2D eigenvalue weighted by atomic mass is 16.5. The van der Waals surface area contributed by atoms with Crippen molar-refractivity contribution in [2.24, 2.45) is 5.10 Å². The van der Waals surface area contributed by atoms with Crippen molar-refractivity contribution in [3.8, 4) is 0 Å². The van der Waals surface area contributed by atoms with Gasteiger partial charge in [0, 0.05) is 18.8 Å². The van der Waals surface area contributed by atoms with E-state index in [1.165, 1.54) is 10.7 Å². The van der Waals surface area contributed by atoms with Crippen molar-refractivity contribution in [1.82, 2.24) is 0 Å². The van der Waals surface area contributed by atoms with E-state index in [0.717, 1.165) is 43.3 Å². The molecule has 26 heavy (non-hydrogen) atoms. The summed E-state index contributed by atoms with van der Waals surface area (Å²) in [4.78, 5) is 15.1. The van der Waals surface area contributed by atoms with Gasteiger partial charge in [-0.15, -0.1) is 0 Å². The maximum Gasteiger partial charge on any atom is 0.280 e. The van der Waals surface area contributed by atoms with Crippen LogP contribution in [-0.4, -0.2) is 37.9 Å². The van der Waals surface area contributed by atoms with Crippen LogP contribution in [0.15, 0.2) is 65.3 Å². The van der Waals surface area contributed by atoms with E-state index in [9.17, 15) is 4.79 Å². The number of nitrogens with zero attached hydrogens (tertiary/aromatic N) is 3. The van der Waals surface area contributed by atoms with Crippen LogP contribution in [0.1, 0.15) is 12.5 Å². The van der Waals surface area contributed by atoms with Crippen LogP contribution in [0.25, 0.3) is 6.08 Å². The minimum atomic E-state index is -0.0917. The molecule has 2 heterocycles. The third-order valence-corrected chi connectivity index (χ3v) is 4.64. The van der Waals surface area contributed by atoms with Crippen LogP contribution >= 0.6 is 0 Å². The van der Waals surface area contributed by atoms with Gasteiger partial charge in [0.2, 0.25) is 0 Å². The molecular formula is C21H21N3O2. The fourth-order valence-electron chi connectivity index (χ4n) is 3.20. The topological polar surface area (TPSA) is 45.1 Å². The monoisotopic (exact) mass is 347 g/mol. The van der Waals surface area contributed by atoms with Gasteiger partial charge in [-0.25, -0.2) is 0 Å². The zero-order valence-electron chi connectivity index (χ0n) is 14.8. The molecule has 0 saturated carbocycles. The Bertz CT molecular complexity index is 851. The number of anilines is 2. The Morgan fingerprint density at radius 1 is 0.962 bits per heavy atom. The zero-order valence-corrected chi connectivity index (χ0v) is 14.8. The second-order valence-electron chi connectivity index (χ2n) is 6.39. The number of hydrogen-bond acceptors (Lipinski definition) is 4. The van der Waals surface area contributed by atoms with Crippen molar-refractivity contribution in [1.29, 1.82) is 0 Å². The second-order valence-corrected chi connectivity index (χ2v) is 6.39. The van der Waals surface area contributed by atoms with Gasteiger partial charge in [-0.05, 0) is 42.8 Å². The number of amides is 1. The van der Waals surface area contributed by atoms with E-state index in [-0.39, 0.29) is 5.91 Å². The van der Waals surface area contributed by atoms with Crippen LogP contribution in [0, 0.1) is 0 Å². The summed E-state index contributed by atoms with van der Waals surface area (Å²) in [7, 11) is 0. The van der Waals surface area contributed by atoms with E-state index in [1.807, 2.05) is 55.5 Å². The molecule has 0 atom stereocenters. The smallest absolute Gasteiger partial charge is 0.280 e. The van der Waals surface area contributed by atoms with Crippen molar-refractivity contribution in [2.75, 3.05) is 36.2 Å². The fourth-order valence-corrected chi connectivity index (χ4v) is 3.20. The first kappa shape index (κ1) is 16.5.